The molecule has 326 valence electrons. The first-order valence-corrected chi connectivity index (χ1v) is 22.8. The van der Waals surface area contributed by atoms with Gasteiger partial charge in [-0.15, -0.1) is 0 Å². The molecule has 3 saturated heterocycles. The Bertz CT molecular complexity index is 2130. The van der Waals surface area contributed by atoms with Gasteiger partial charge in [-0.3, -0.25) is 28.8 Å². The van der Waals surface area contributed by atoms with Gasteiger partial charge in [0.25, 0.3) is 5.56 Å². The van der Waals surface area contributed by atoms with Gasteiger partial charge in [-0.05, 0) is 101 Å². The van der Waals surface area contributed by atoms with E-state index in [1.807, 2.05) is 46.8 Å². The van der Waals surface area contributed by atoms with Gasteiger partial charge in [0.1, 0.15) is 18.2 Å². The number of rotatable bonds is 18. The molecule has 0 radical (unpaired) electrons. The molecule has 1 atom stereocenters. The molecule has 2 aromatic heterocycles. The van der Waals surface area contributed by atoms with E-state index in [-0.39, 0.29) is 29.6 Å². The van der Waals surface area contributed by atoms with Gasteiger partial charge < -0.3 is 25.2 Å². The molecule has 1 saturated carbocycles. The molecule has 0 spiro atoms. The van der Waals surface area contributed by atoms with E-state index in [1.54, 1.807) is 19.2 Å². The highest BCUT2D eigenvalue weighted by molar-refractivity contribution is 7.97. The zero-order chi connectivity index (χ0) is 42.7. The van der Waals surface area contributed by atoms with E-state index in [9.17, 15) is 19.2 Å². The number of likely N-dealkylation sites (tertiary alicyclic amines) is 1. The van der Waals surface area contributed by atoms with Crippen molar-refractivity contribution in [2.75, 3.05) is 83.2 Å². The van der Waals surface area contributed by atoms with Crippen molar-refractivity contribution in [3.8, 4) is 0 Å². The second-order valence-electron chi connectivity index (χ2n) is 16.9. The lowest BCUT2D eigenvalue weighted by Crippen LogP contribution is -2.62. The molecule has 5 heterocycles. The fourth-order valence-corrected chi connectivity index (χ4v) is 10.2. The number of benzene rings is 1. The van der Waals surface area contributed by atoms with Gasteiger partial charge in [-0.1, -0.05) is 30.6 Å². The largest absolute Gasteiger partial charge is 0.369 e. The quantitative estimate of drug-likeness (QED) is 0.0777. The summed E-state index contributed by atoms with van der Waals surface area (Å²) in [5, 5.41) is 7.22. The second kappa shape index (κ2) is 21.3. The first-order chi connectivity index (χ1) is 29.7. The van der Waals surface area contributed by atoms with E-state index in [2.05, 4.69) is 71.9 Å². The predicted octanol–water partition coefficient (Wildman–Crippen LogP) is 4.91. The highest BCUT2D eigenvalue weighted by Crippen LogP contribution is 2.33. The smallest absolute Gasteiger partial charge is 0.252 e. The number of nitrogens with one attached hydrogen (secondary N) is 2. The summed E-state index contributed by atoms with van der Waals surface area (Å²) in [5.41, 5.74) is 4.17. The molecule has 3 aliphatic heterocycles. The fourth-order valence-electron chi connectivity index (χ4n) is 9.22. The average Bonchev–Trinajstić information content (AvgIpc) is 3.79. The Morgan fingerprint density at radius 1 is 0.984 bits per heavy atom. The molecule has 0 bridgehead atoms. The molecule has 2 N–H and O–H groups in total. The maximum absolute atomic E-state index is 12.9. The Balaban J connectivity index is 0.871. The van der Waals surface area contributed by atoms with Crippen molar-refractivity contribution in [1.82, 2.24) is 38.9 Å². The molecule has 7 rings (SSSR count). The normalized spacial score (nSPS) is 19.8. The van der Waals surface area contributed by atoms with Gasteiger partial charge in [0, 0.05) is 124 Å². The van der Waals surface area contributed by atoms with Gasteiger partial charge in [-0.25, -0.2) is 9.29 Å². The summed E-state index contributed by atoms with van der Waals surface area (Å²) in [6.07, 6.45) is 18.0. The fraction of sp³-hybridized carbons (Fsp3) is 0.522. The number of hydrogen-bond acceptors (Lipinski definition) is 13. The molecule has 1 unspecified atom stereocenters. The third-order valence-corrected chi connectivity index (χ3v) is 13.7. The third kappa shape index (κ3) is 11.4. The van der Waals surface area contributed by atoms with Crippen molar-refractivity contribution in [2.24, 2.45) is 0 Å². The number of aromatic nitrogens is 3. The van der Waals surface area contributed by atoms with Gasteiger partial charge in [0.05, 0.1) is 6.04 Å². The van der Waals surface area contributed by atoms with E-state index in [0.717, 1.165) is 126 Å². The summed E-state index contributed by atoms with van der Waals surface area (Å²) in [7, 11) is 3.53. The van der Waals surface area contributed by atoms with Crippen LogP contribution in [-0.4, -0.2) is 143 Å². The highest BCUT2D eigenvalue weighted by atomic mass is 32.2. The minimum atomic E-state index is -0.384. The number of aldehydes is 2. The molecule has 4 fully saturated rings. The van der Waals surface area contributed by atoms with E-state index in [4.69, 9.17) is 4.98 Å². The maximum atomic E-state index is 12.9. The summed E-state index contributed by atoms with van der Waals surface area (Å²) in [6.45, 7) is 10.3. The summed E-state index contributed by atoms with van der Waals surface area (Å²) in [5.74, 6) is 0.511. The van der Waals surface area contributed by atoms with E-state index in [0.29, 0.717) is 31.4 Å². The van der Waals surface area contributed by atoms with Gasteiger partial charge in [0.2, 0.25) is 11.9 Å². The van der Waals surface area contributed by atoms with Crippen LogP contribution in [-0.2, 0) is 14.4 Å². The summed E-state index contributed by atoms with van der Waals surface area (Å²) in [6, 6.07) is 13.0. The van der Waals surface area contributed by atoms with Crippen LogP contribution in [0.5, 0.6) is 0 Å². The molecule has 1 aliphatic carbocycles. The number of anilines is 2. The topological polar surface area (TPSA) is 139 Å². The maximum Gasteiger partial charge on any atom is 0.252 e. The van der Waals surface area contributed by atoms with Crippen molar-refractivity contribution < 1.29 is 14.4 Å². The van der Waals surface area contributed by atoms with Crippen LogP contribution in [0, 0.1) is 0 Å². The van der Waals surface area contributed by atoms with E-state index >= 15 is 0 Å². The summed E-state index contributed by atoms with van der Waals surface area (Å²) >= 11 is 1.84. The molecule has 4 aliphatic rings. The predicted molar refractivity (Wildman–Crippen MR) is 244 cm³/mol. The average molecular weight is 851 g/mol. The number of nitrogens with zero attached hydrogens (tertiary/aromatic N) is 8. The number of carbonyl (C=O) groups is 3. The molecule has 15 heteroatoms. The minimum absolute atomic E-state index is 0.0251. The highest BCUT2D eigenvalue weighted by Gasteiger charge is 2.34. The first kappa shape index (κ1) is 44.2. The Hall–Kier alpha value is -4.83. The third-order valence-electron chi connectivity index (χ3n) is 12.6. The molecule has 1 aromatic carbocycles. The number of hydrogen-bond donors (Lipinski definition) is 2. The number of amides is 1. The molecule has 3 aromatic rings. The minimum Gasteiger partial charge on any atom is -0.369 e. The number of pyridine rings is 1. The van der Waals surface area contributed by atoms with Gasteiger partial charge in [0.15, 0.2) is 0 Å². The van der Waals surface area contributed by atoms with E-state index in [1.165, 1.54) is 16.7 Å². The first-order valence-electron chi connectivity index (χ1n) is 22.0. The number of piperazine rings is 1. The van der Waals surface area contributed by atoms with Gasteiger partial charge in [-0.2, -0.15) is 4.98 Å². The van der Waals surface area contributed by atoms with Crippen molar-refractivity contribution in [3.63, 3.8) is 0 Å². The van der Waals surface area contributed by atoms with Crippen LogP contribution in [0.2, 0.25) is 0 Å². The van der Waals surface area contributed by atoms with Crippen molar-refractivity contribution in [1.29, 1.82) is 0 Å². The van der Waals surface area contributed by atoms with Crippen molar-refractivity contribution in [2.45, 2.75) is 87.4 Å². The van der Waals surface area contributed by atoms with Crippen LogP contribution in [0.3, 0.4) is 0 Å². The van der Waals surface area contributed by atoms with Crippen LogP contribution in [0.4, 0.5) is 11.6 Å². The lowest BCUT2D eigenvalue weighted by Gasteiger charge is -2.50. The monoisotopic (exact) mass is 850 g/mol. The van der Waals surface area contributed by atoms with Crippen LogP contribution in [0.1, 0.15) is 64.3 Å². The Morgan fingerprint density at radius 3 is 2.48 bits per heavy atom. The molecule has 14 nitrogen and oxygen atoms in total. The number of carbonyl (C=O) groups excluding carboxylic acids is 3. The van der Waals surface area contributed by atoms with Crippen LogP contribution >= 0.6 is 11.9 Å². The van der Waals surface area contributed by atoms with Crippen LogP contribution in [0.25, 0.3) is 11.0 Å². The number of allylic oxidation sites excluding steroid dienone is 4. The number of likely N-dealkylation sites (N-methyl/N-ethyl adjacent to an activating group) is 2. The van der Waals surface area contributed by atoms with Gasteiger partial charge >= 0.3 is 0 Å². The van der Waals surface area contributed by atoms with E-state index < -0.39 is 0 Å². The van der Waals surface area contributed by atoms with Crippen LogP contribution < -0.4 is 21.1 Å². The zero-order valence-electron chi connectivity index (χ0n) is 36.0. The number of piperidine rings is 1. The van der Waals surface area contributed by atoms with Crippen LogP contribution in [0.15, 0.2) is 87.9 Å². The Kier molecular flexibility index (Phi) is 15.4. The van der Waals surface area contributed by atoms with Crippen molar-refractivity contribution in [3.05, 3.63) is 88.5 Å². The second-order valence-corrected chi connectivity index (χ2v) is 18.0. The summed E-state index contributed by atoms with van der Waals surface area (Å²) in [4.78, 5) is 67.7. The molecular weight excluding hydrogens is 789 g/mol. The lowest BCUT2D eigenvalue weighted by atomic mass is 10.0. The SMILES string of the molecule is CNC(=O)C(CCC=O)N(C)C/C(C)=C/C(=C\C=C\C=O)N1CC(N2CCN(c3cccc(SN4CCC(Nc5ncc6ccc(=O)n(C7CCCC7)c6n5)CC4)c3)CC2)C1. The van der Waals surface area contributed by atoms with Crippen molar-refractivity contribution >= 4 is 53.1 Å². The number of fused-ring (bicyclic) bond motifs is 1. The standard InChI is InChI=1S/C46H62N10O4S/c1-34(31-51(3)42(15-9-27-58)45(60)47-2)28-38(12-6-7-26-57)54-32-40(33-54)53-24-22-52(23-25-53)39-13-8-14-41(29-39)61-55-20-18-36(19-21-55)49-46-48-30-35-16-17-43(59)56(44(35)50-46)37-10-4-5-11-37/h6-8,12-14,16-17,26-30,36-37,40,42H,4-5,9-11,15,18-25,31-33H2,1-3H3,(H,47,60)(H,48,49,50)/b7-6+,34-28+,38-12+. The lowest BCUT2D eigenvalue weighted by molar-refractivity contribution is -0.125. The molecular formula is C46H62N10O4S. The Labute approximate surface area is 364 Å². The summed E-state index contributed by atoms with van der Waals surface area (Å²) < 4.78 is 4.36. The Morgan fingerprint density at radius 2 is 1.75 bits per heavy atom. The molecule has 61 heavy (non-hydrogen) atoms. The zero-order valence-corrected chi connectivity index (χ0v) is 36.8. The molecule has 1 amide bonds.